The van der Waals surface area contributed by atoms with Gasteiger partial charge >= 0.3 is 0 Å². The molecule has 0 saturated carbocycles. The van der Waals surface area contributed by atoms with Crippen LogP contribution in [0.15, 0.2) is 70.6 Å². The van der Waals surface area contributed by atoms with Crippen LogP contribution in [0.5, 0.6) is 5.75 Å². The van der Waals surface area contributed by atoms with E-state index in [-0.39, 0.29) is 5.91 Å². The number of halogens is 1. The zero-order valence-electron chi connectivity index (χ0n) is 16.0. The number of allylic oxidation sites excluding steroid dienone is 1. The second-order valence-electron chi connectivity index (χ2n) is 6.66. The number of aromatic nitrogens is 3. The monoisotopic (exact) mass is 453 g/mol. The third-order valence-corrected chi connectivity index (χ3v) is 5.45. The predicted molar refractivity (Wildman–Crippen MR) is 113 cm³/mol. The average Bonchev–Trinajstić information content (AvgIpc) is 3.19. The maximum atomic E-state index is 13.2. The second-order valence-corrected chi connectivity index (χ2v) is 7.51. The molecule has 0 spiro atoms. The van der Waals surface area contributed by atoms with Crippen LogP contribution in [0, 0.1) is 0 Å². The molecule has 1 atom stereocenters. The van der Waals surface area contributed by atoms with Gasteiger partial charge in [0.25, 0.3) is 5.91 Å². The van der Waals surface area contributed by atoms with Crippen LogP contribution in [-0.4, -0.2) is 27.8 Å². The molecule has 0 bridgehead atoms. The fourth-order valence-corrected chi connectivity index (χ4v) is 3.98. The van der Waals surface area contributed by atoms with Crippen molar-refractivity contribution < 1.29 is 9.53 Å². The van der Waals surface area contributed by atoms with Crippen LogP contribution in [0.1, 0.15) is 24.1 Å². The molecule has 0 unspecified atom stereocenters. The van der Waals surface area contributed by atoms with E-state index in [9.17, 15) is 4.79 Å². The Bertz CT molecular complexity index is 1080. The summed E-state index contributed by atoms with van der Waals surface area (Å²) >= 11 is 3.54. The molecule has 3 aromatic rings. The van der Waals surface area contributed by atoms with Gasteiger partial charge in [0.15, 0.2) is 0 Å². The summed E-state index contributed by atoms with van der Waals surface area (Å²) in [6, 6.07) is 15.1. The summed E-state index contributed by atoms with van der Waals surface area (Å²) in [5, 5.41) is 10.6. The van der Waals surface area contributed by atoms with Crippen molar-refractivity contribution in [1.29, 1.82) is 0 Å². The van der Waals surface area contributed by atoms with E-state index in [1.54, 1.807) is 11.8 Å². The molecule has 4 rings (SSSR count). The maximum Gasteiger partial charge on any atom is 0.251 e. The van der Waals surface area contributed by atoms with Crippen molar-refractivity contribution in [3.05, 3.63) is 81.7 Å². The first-order valence-electron chi connectivity index (χ1n) is 9.11. The number of carbonyl (C=O) groups is 1. The van der Waals surface area contributed by atoms with Crippen molar-refractivity contribution in [3.8, 4) is 5.75 Å². The Kier molecular flexibility index (Phi) is 5.35. The maximum absolute atomic E-state index is 13.2. The molecule has 148 valence electrons. The van der Waals surface area contributed by atoms with Gasteiger partial charge in [-0.3, -0.25) is 4.79 Å². The van der Waals surface area contributed by atoms with Gasteiger partial charge in [-0.25, -0.2) is 4.68 Å². The van der Waals surface area contributed by atoms with Crippen molar-refractivity contribution in [2.75, 3.05) is 12.4 Å². The molecule has 2 aromatic carbocycles. The summed E-state index contributed by atoms with van der Waals surface area (Å²) < 4.78 is 7.87. The van der Waals surface area contributed by atoms with E-state index in [1.165, 1.54) is 6.33 Å². The van der Waals surface area contributed by atoms with Gasteiger partial charge < -0.3 is 15.4 Å². The van der Waals surface area contributed by atoms with Crippen LogP contribution in [0.25, 0.3) is 0 Å². The van der Waals surface area contributed by atoms with Crippen molar-refractivity contribution in [1.82, 2.24) is 20.1 Å². The van der Waals surface area contributed by atoms with Crippen LogP contribution in [-0.2, 0) is 11.3 Å². The zero-order valence-corrected chi connectivity index (χ0v) is 17.6. The number of nitrogens with zero attached hydrogens (tertiary/aromatic N) is 3. The molecule has 8 heteroatoms. The number of anilines is 1. The minimum Gasteiger partial charge on any atom is -0.496 e. The van der Waals surface area contributed by atoms with Crippen molar-refractivity contribution in [2.45, 2.75) is 19.5 Å². The Morgan fingerprint density at radius 1 is 1.28 bits per heavy atom. The zero-order chi connectivity index (χ0) is 20.4. The Morgan fingerprint density at radius 2 is 2.07 bits per heavy atom. The number of methoxy groups -OCH3 is 1. The summed E-state index contributed by atoms with van der Waals surface area (Å²) in [5.74, 6) is 1.16. The Morgan fingerprint density at radius 3 is 2.79 bits per heavy atom. The fraction of sp³-hybridized carbons (Fsp3) is 0.190. The summed E-state index contributed by atoms with van der Waals surface area (Å²) in [5.41, 5.74) is 3.27. The van der Waals surface area contributed by atoms with E-state index in [2.05, 4.69) is 36.6 Å². The molecule has 0 fully saturated rings. The normalized spacial score (nSPS) is 15.5. The molecule has 1 aliphatic heterocycles. The molecule has 2 heterocycles. The molecule has 0 aliphatic carbocycles. The molecule has 7 nitrogen and oxygen atoms in total. The number of carbonyl (C=O) groups excluding carboxylic acids is 1. The Labute approximate surface area is 176 Å². The highest BCUT2D eigenvalue weighted by Gasteiger charge is 2.33. The van der Waals surface area contributed by atoms with Crippen molar-refractivity contribution in [3.63, 3.8) is 0 Å². The van der Waals surface area contributed by atoms with Gasteiger partial charge in [0, 0.05) is 12.2 Å². The molecule has 1 amide bonds. The molecule has 1 aliphatic rings. The first-order valence-corrected chi connectivity index (χ1v) is 9.90. The third-order valence-electron chi connectivity index (χ3n) is 4.83. The predicted octanol–water partition coefficient (Wildman–Crippen LogP) is 3.65. The first kappa shape index (κ1) is 19.2. The summed E-state index contributed by atoms with van der Waals surface area (Å²) in [6.07, 6.45) is 1.48. The molecule has 29 heavy (non-hydrogen) atoms. The number of hydrogen-bond acceptors (Lipinski definition) is 5. The average molecular weight is 454 g/mol. The highest BCUT2D eigenvalue weighted by molar-refractivity contribution is 9.10. The fourth-order valence-electron chi connectivity index (χ4n) is 3.42. The molecule has 1 aromatic heterocycles. The number of amides is 1. The number of benzene rings is 2. The lowest BCUT2D eigenvalue weighted by Crippen LogP contribution is -2.34. The first-order chi connectivity index (χ1) is 14.1. The Balaban J connectivity index is 1.70. The SMILES string of the molecule is COc1ccc([C@H]2C(C(=O)NCc3ccccc3)=C(C)Nc3ncnn32)cc1Br. The number of fused-ring (bicyclic) bond motifs is 1. The highest BCUT2D eigenvalue weighted by Crippen LogP contribution is 2.37. The lowest BCUT2D eigenvalue weighted by atomic mass is 9.95. The van der Waals surface area contributed by atoms with E-state index in [0.29, 0.717) is 18.1 Å². The van der Waals surface area contributed by atoms with E-state index >= 15 is 0 Å². The van der Waals surface area contributed by atoms with Crippen LogP contribution < -0.4 is 15.4 Å². The standard InChI is InChI=1S/C21H20BrN5O2/c1-13-18(20(28)23-11-14-6-4-3-5-7-14)19(27-21(26-13)24-12-25-27)15-8-9-17(29-2)16(22)10-15/h3-10,12,19H,11H2,1-2H3,(H,23,28)(H,24,25,26)/t19-/m0/s1. The third kappa shape index (κ3) is 3.75. The van der Waals surface area contributed by atoms with E-state index in [1.807, 2.05) is 55.5 Å². The molecule has 0 saturated heterocycles. The summed E-state index contributed by atoms with van der Waals surface area (Å²) in [7, 11) is 1.62. The quantitative estimate of drug-likeness (QED) is 0.615. The molecular weight excluding hydrogens is 434 g/mol. The molecular formula is C21H20BrN5O2. The van der Waals surface area contributed by atoms with Gasteiger partial charge in [-0.1, -0.05) is 36.4 Å². The van der Waals surface area contributed by atoms with Crippen LogP contribution in [0.3, 0.4) is 0 Å². The highest BCUT2D eigenvalue weighted by atomic mass is 79.9. The van der Waals surface area contributed by atoms with Crippen LogP contribution >= 0.6 is 15.9 Å². The Hall–Kier alpha value is -3.13. The number of hydrogen-bond donors (Lipinski definition) is 2. The second kappa shape index (κ2) is 8.08. The number of nitrogens with one attached hydrogen (secondary N) is 2. The summed E-state index contributed by atoms with van der Waals surface area (Å²) in [4.78, 5) is 17.5. The molecule has 0 radical (unpaired) electrons. The summed E-state index contributed by atoms with van der Waals surface area (Å²) in [6.45, 7) is 2.32. The van der Waals surface area contributed by atoms with Gasteiger partial charge in [-0.2, -0.15) is 10.1 Å². The van der Waals surface area contributed by atoms with Gasteiger partial charge in [0.2, 0.25) is 5.95 Å². The van der Waals surface area contributed by atoms with Crippen LogP contribution in [0.4, 0.5) is 5.95 Å². The van der Waals surface area contributed by atoms with Gasteiger partial charge in [0.05, 0.1) is 17.2 Å². The minimum absolute atomic E-state index is 0.156. The topological polar surface area (TPSA) is 81.1 Å². The lowest BCUT2D eigenvalue weighted by molar-refractivity contribution is -0.118. The van der Waals surface area contributed by atoms with Crippen molar-refractivity contribution >= 4 is 27.8 Å². The van der Waals surface area contributed by atoms with Gasteiger partial charge in [-0.05, 0) is 46.1 Å². The molecule has 2 N–H and O–H groups in total. The lowest BCUT2D eigenvalue weighted by Gasteiger charge is -2.29. The van der Waals surface area contributed by atoms with E-state index in [4.69, 9.17) is 4.74 Å². The van der Waals surface area contributed by atoms with Gasteiger partial charge in [0.1, 0.15) is 18.1 Å². The largest absolute Gasteiger partial charge is 0.496 e. The number of rotatable bonds is 5. The minimum atomic E-state index is -0.410. The smallest absolute Gasteiger partial charge is 0.251 e. The van der Waals surface area contributed by atoms with Crippen LogP contribution in [0.2, 0.25) is 0 Å². The van der Waals surface area contributed by atoms with Gasteiger partial charge in [-0.15, -0.1) is 0 Å². The van der Waals surface area contributed by atoms with E-state index in [0.717, 1.165) is 27.0 Å². The van der Waals surface area contributed by atoms with E-state index < -0.39 is 6.04 Å². The number of ether oxygens (including phenoxy) is 1. The van der Waals surface area contributed by atoms with Crippen molar-refractivity contribution in [2.24, 2.45) is 0 Å².